The van der Waals surface area contributed by atoms with Crippen LogP contribution in [0.15, 0.2) is 0 Å². The first-order chi connectivity index (χ1) is 7.74. The summed E-state index contributed by atoms with van der Waals surface area (Å²) in [6.45, 7) is 8.92. The highest BCUT2D eigenvalue weighted by molar-refractivity contribution is 5.77. The predicted molar refractivity (Wildman–Crippen MR) is 67.1 cm³/mol. The minimum Gasteiger partial charge on any atom is -0.355 e. The number of rotatable bonds is 9. The van der Waals surface area contributed by atoms with Gasteiger partial charge in [-0.1, -0.05) is 19.8 Å². The molecule has 0 radical (unpaired) electrons. The molecule has 0 bridgehead atoms. The maximum absolute atomic E-state index is 11.2. The molecule has 0 spiro atoms. The van der Waals surface area contributed by atoms with E-state index in [4.69, 9.17) is 6.42 Å². The molecule has 4 nitrogen and oxygen atoms in total. The maximum Gasteiger partial charge on any atom is 0.233 e. The summed E-state index contributed by atoms with van der Waals surface area (Å²) in [4.78, 5) is 13.6. The number of nitrogens with zero attached hydrogens (tertiary/aromatic N) is 1. The fourth-order valence-electron chi connectivity index (χ4n) is 1.38. The van der Waals surface area contributed by atoms with E-state index < -0.39 is 0 Å². The quantitative estimate of drug-likeness (QED) is 0.431. The first-order valence-electron chi connectivity index (χ1n) is 5.87. The van der Waals surface area contributed by atoms with Crippen LogP contribution in [0.1, 0.15) is 20.3 Å². The Bertz CT molecular complexity index is 219. The molecule has 0 aromatic heterocycles. The zero-order valence-corrected chi connectivity index (χ0v) is 10.4. The molecule has 16 heavy (non-hydrogen) atoms. The minimum atomic E-state index is 0.00907. The van der Waals surface area contributed by atoms with E-state index in [-0.39, 0.29) is 5.91 Å². The molecule has 2 N–H and O–H groups in total. The monoisotopic (exact) mass is 225 g/mol. The number of hydrogen-bond donors (Lipinski definition) is 2. The van der Waals surface area contributed by atoms with E-state index in [9.17, 15) is 4.79 Å². The number of carbonyl (C=O) groups is 1. The fourth-order valence-corrected chi connectivity index (χ4v) is 1.38. The summed E-state index contributed by atoms with van der Waals surface area (Å²) in [5.41, 5.74) is 0. The summed E-state index contributed by atoms with van der Waals surface area (Å²) in [5.74, 6) is 2.43. The molecule has 0 unspecified atom stereocenters. The second-order valence-electron chi connectivity index (χ2n) is 3.54. The molecule has 0 aliphatic heterocycles. The van der Waals surface area contributed by atoms with E-state index >= 15 is 0 Å². The van der Waals surface area contributed by atoms with Gasteiger partial charge < -0.3 is 10.2 Å². The van der Waals surface area contributed by atoms with Crippen molar-refractivity contribution < 1.29 is 4.79 Å². The lowest BCUT2D eigenvalue weighted by Gasteiger charge is -2.17. The largest absolute Gasteiger partial charge is 0.355 e. The van der Waals surface area contributed by atoms with Gasteiger partial charge >= 0.3 is 0 Å². The first kappa shape index (κ1) is 14.9. The lowest BCUT2D eigenvalue weighted by molar-refractivity contribution is -0.120. The highest BCUT2D eigenvalue weighted by atomic mass is 16.1. The highest BCUT2D eigenvalue weighted by Crippen LogP contribution is 1.88. The normalized spacial score (nSPS) is 10.1. The number of hydrogen-bond acceptors (Lipinski definition) is 3. The second-order valence-corrected chi connectivity index (χ2v) is 3.54. The van der Waals surface area contributed by atoms with Gasteiger partial charge in [-0.3, -0.25) is 10.1 Å². The SMILES string of the molecule is C#CCNCC(=O)NCCCN(CC)CC. The van der Waals surface area contributed by atoms with Crippen molar-refractivity contribution in [2.24, 2.45) is 0 Å². The smallest absolute Gasteiger partial charge is 0.233 e. The highest BCUT2D eigenvalue weighted by Gasteiger charge is 2.00. The molecule has 92 valence electrons. The molecule has 0 aromatic carbocycles. The Morgan fingerprint density at radius 2 is 2.06 bits per heavy atom. The zero-order valence-electron chi connectivity index (χ0n) is 10.4. The predicted octanol–water partition coefficient (Wildman–Crippen LogP) is 0.0573. The Morgan fingerprint density at radius 1 is 1.38 bits per heavy atom. The molecule has 4 heteroatoms. The summed E-state index contributed by atoms with van der Waals surface area (Å²) in [6.07, 6.45) is 6.04. The lowest BCUT2D eigenvalue weighted by atomic mass is 10.3. The van der Waals surface area contributed by atoms with Crippen LogP contribution >= 0.6 is 0 Å². The van der Waals surface area contributed by atoms with Gasteiger partial charge in [0, 0.05) is 6.54 Å². The number of carbonyl (C=O) groups excluding carboxylic acids is 1. The third kappa shape index (κ3) is 8.27. The molecule has 0 saturated carbocycles. The van der Waals surface area contributed by atoms with Crippen molar-refractivity contribution >= 4 is 5.91 Å². The molecular formula is C12H23N3O. The Morgan fingerprint density at radius 3 is 2.62 bits per heavy atom. The van der Waals surface area contributed by atoms with E-state index in [1.165, 1.54) is 0 Å². The van der Waals surface area contributed by atoms with Crippen LogP contribution in [-0.2, 0) is 4.79 Å². The van der Waals surface area contributed by atoms with Gasteiger partial charge in [-0.25, -0.2) is 0 Å². The molecule has 0 aliphatic rings. The van der Waals surface area contributed by atoms with Gasteiger partial charge in [-0.05, 0) is 26.1 Å². The van der Waals surface area contributed by atoms with Crippen molar-refractivity contribution in [2.75, 3.05) is 39.3 Å². The number of nitrogens with one attached hydrogen (secondary N) is 2. The lowest BCUT2D eigenvalue weighted by Crippen LogP contribution is -2.35. The maximum atomic E-state index is 11.2. The molecule has 0 heterocycles. The van der Waals surface area contributed by atoms with Crippen molar-refractivity contribution in [3.63, 3.8) is 0 Å². The molecule has 0 aromatic rings. The van der Waals surface area contributed by atoms with E-state index in [0.717, 1.165) is 32.6 Å². The van der Waals surface area contributed by atoms with Crippen molar-refractivity contribution in [3.8, 4) is 12.3 Å². The van der Waals surface area contributed by atoms with Crippen molar-refractivity contribution in [3.05, 3.63) is 0 Å². The third-order valence-corrected chi connectivity index (χ3v) is 2.38. The van der Waals surface area contributed by atoms with E-state index in [1.54, 1.807) is 0 Å². The van der Waals surface area contributed by atoms with Gasteiger partial charge in [0.25, 0.3) is 0 Å². The minimum absolute atomic E-state index is 0.00907. The van der Waals surface area contributed by atoms with Gasteiger partial charge in [-0.2, -0.15) is 0 Å². The van der Waals surface area contributed by atoms with Crippen molar-refractivity contribution in [2.45, 2.75) is 20.3 Å². The molecule has 1 amide bonds. The van der Waals surface area contributed by atoms with Crippen LogP contribution in [0.4, 0.5) is 0 Å². The van der Waals surface area contributed by atoms with Crippen LogP contribution in [-0.4, -0.2) is 50.1 Å². The standard InChI is InChI=1S/C12H23N3O/c1-4-8-13-11-12(16)14-9-7-10-15(5-2)6-3/h1,13H,5-11H2,2-3H3,(H,14,16). The van der Waals surface area contributed by atoms with Crippen LogP contribution in [0, 0.1) is 12.3 Å². The average molecular weight is 225 g/mol. The number of terminal acetylenes is 1. The van der Waals surface area contributed by atoms with Crippen LogP contribution in [0.3, 0.4) is 0 Å². The van der Waals surface area contributed by atoms with Gasteiger partial charge in [0.2, 0.25) is 5.91 Å². The molecule has 0 saturated heterocycles. The Balaban J connectivity index is 3.37. The molecule has 0 fully saturated rings. The zero-order chi connectivity index (χ0) is 12.2. The van der Waals surface area contributed by atoms with Gasteiger partial charge in [0.05, 0.1) is 13.1 Å². The summed E-state index contributed by atoms with van der Waals surface area (Å²) in [7, 11) is 0. The van der Waals surface area contributed by atoms with Gasteiger partial charge in [0.1, 0.15) is 0 Å². The number of amides is 1. The van der Waals surface area contributed by atoms with E-state index in [0.29, 0.717) is 13.1 Å². The van der Waals surface area contributed by atoms with Gasteiger partial charge in [0.15, 0.2) is 0 Å². The molecule has 0 atom stereocenters. The van der Waals surface area contributed by atoms with Crippen LogP contribution in [0.5, 0.6) is 0 Å². The molecule has 0 aliphatic carbocycles. The summed E-state index contributed by atoms with van der Waals surface area (Å²) < 4.78 is 0. The fraction of sp³-hybridized carbons (Fsp3) is 0.750. The van der Waals surface area contributed by atoms with Crippen LogP contribution in [0.2, 0.25) is 0 Å². The summed E-state index contributed by atoms with van der Waals surface area (Å²) in [6, 6.07) is 0. The summed E-state index contributed by atoms with van der Waals surface area (Å²) >= 11 is 0. The van der Waals surface area contributed by atoms with Gasteiger partial charge in [-0.15, -0.1) is 6.42 Å². The van der Waals surface area contributed by atoms with Crippen LogP contribution in [0.25, 0.3) is 0 Å². The van der Waals surface area contributed by atoms with E-state index in [1.807, 2.05) is 0 Å². The Kier molecular flexibility index (Phi) is 9.78. The van der Waals surface area contributed by atoms with Crippen molar-refractivity contribution in [1.82, 2.24) is 15.5 Å². The molecular weight excluding hydrogens is 202 g/mol. The average Bonchev–Trinajstić information content (AvgIpc) is 2.30. The Labute approximate surface area is 98.8 Å². The molecule has 0 rings (SSSR count). The first-order valence-corrected chi connectivity index (χ1v) is 5.87. The Hall–Kier alpha value is -1.05. The second kappa shape index (κ2) is 10.5. The third-order valence-electron chi connectivity index (χ3n) is 2.38. The van der Waals surface area contributed by atoms with E-state index in [2.05, 4.69) is 35.3 Å². The topological polar surface area (TPSA) is 44.4 Å². The van der Waals surface area contributed by atoms with Crippen LogP contribution < -0.4 is 10.6 Å². The van der Waals surface area contributed by atoms with Crippen molar-refractivity contribution in [1.29, 1.82) is 0 Å². The summed E-state index contributed by atoms with van der Waals surface area (Å²) in [5, 5.41) is 5.70.